The van der Waals surface area contributed by atoms with Crippen LogP contribution in [-0.2, 0) is 0 Å². The lowest BCUT2D eigenvalue weighted by atomic mass is 9.98. The zero-order valence-corrected chi connectivity index (χ0v) is 21.9. The van der Waals surface area contributed by atoms with Gasteiger partial charge < -0.3 is 9.13 Å². The Bertz CT molecular complexity index is 2130. The van der Waals surface area contributed by atoms with Crippen molar-refractivity contribution >= 4 is 32.7 Å². The SMILES string of the molecule is c1ccc(-c2cccc(-c3ccc4c(c3)c3ccc5c(ccn5-c5ccccc5)c3n4-c3ccccc3)c2)cc1. The van der Waals surface area contributed by atoms with E-state index in [4.69, 9.17) is 0 Å². The number of fused-ring (bicyclic) bond motifs is 5. The average molecular weight is 511 g/mol. The average Bonchev–Trinajstić information content (AvgIpc) is 3.61. The van der Waals surface area contributed by atoms with Crippen molar-refractivity contribution < 1.29 is 0 Å². The maximum Gasteiger partial charge on any atom is 0.0635 e. The molecule has 2 aromatic heterocycles. The molecule has 0 aliphatic carbocycles. The highest BCUT2D eigenvalue weighted by molar-refractivity contribution is 6.19. The largest absolute Gasteiger partial charge is 0.316 e. The second-order valence-corrected chi connectivity index (χ2v) is 10.3. The number of para-hydroxylation sites is 2. The first-order valence-corrected chi connectivity index (χ1v) is 13.7. The molecule has 0 amide bonds. The summed E-state index contributed by atoms with van der Waals surface area (Å²) < 4.78 is 4.70. The lowest BCUT2D eigenvalue weighted by Crippen LogP contribution is -1.94. The molecular formula is C38H26N2. The topological polar surface area (TPSA) is 9.86 Å². The van der Waals surface area contributed by atoms with Crippen LogP contribution in [0.4, 0.5) is 0 Å². The summed E-state index contributed by atoms with van der Waals surface area (Å²) >= 11 is 0. The molecule has 0 saturated heterocycles. The second kappa shape index (κ2) is 9.14. The lowest BCUT2D eigenvalue weighted by molar-refractivity contribution is 1.13. The van der Waals surface area contributed by atoms with Crippen molar-refractivity contribution in [1.82, 2.24) is 9.13 Å². The van der Waals surface area contributed by atoms with Crippen molar-refractivity contribution in [2.24, 2.45) is 0 Å². The predicted octanol–water partition coefficient (Wildman–Crippen LogP) is 10.1. The van der Waals surface area contributed by atoms with Crippen LogP contribution in [0.15, 0.2) is 158 Å². The first-order chi connectivity index (χ1) is 19.8. The quantitative estimate of drug-likeness (QED) is 0.223. The van der Waals surface area contributed by atoms with Gasteiger partial charge in [0.25, 0.3) is 0 Å². The molecule has 2 heteroatoms. The Kier molecular flexibility index (Phi) is 5.17. The summed E-state index contributed by atoms with van der Waals surface area (Å²) in [5, 5.41) is 3.77. The van der Waals surface area contributed by atoms with Gasteiger partial charge in [-0.15, -0.1) is 0 Å². The molecule has 0 atom stereocenters. The predicted molar refractivity (Wildman–Crippen MR) is 168 cm³/mol. The maximum atomic E-state index is 2.42. The fourth-order valence-corrected chi connectivity index (χ4v) is 6.07. The fraction of sp³-hybridized carbons (Fsp3) is 0. The Hall–Kier alpha value is -5.34. The molecular weight excluding hydrogens is 484 g/mol. The minimum Gasteiger partial charge on any atom is -0.316 e. The fourth-order valence-electron chi connectivity index (χ4n) is 6.07. The normalized spacial score (nSPS) is 11.5. The molecule has 0 bridgehead atoms. The van der Waals surface area contributed by atoms with Crippen LogP contribution in [-0.4, -0.2) is 9.13 Å². The maximum absolute atomic E-state index is 2.42. The van der Waals surface area contributed by atoms with E-state index in [0.29, 0.717) is 0 Å². The van der Waals surface area contributed by atoms with Gasteiger partial charge in [-0.25, -0.2) is 0 Å². The minimum absolute atomic E-state index is 1.17. The van der Waals surface area contributed by atoms with Gasteiger partial charge in [-0.05, 0) is 76.9 Å². The van der Waals surface area contributed by atoms with Crippen molar-refractivity contribution in [2.45, 2.75) is 0 Å². The molecule has 0 spiro atoms. The number of hydrogen-bond donors (Lipinski definition) is 0. The molecule has 8 aromatic rings. The number of rotatable bonds is 4. The van der Waals surface area contributed by atoms with E-state index < -0.39 is 0 Å². The molecule has 8 rings (SSSR count). The van der Waals surface area contributed by atoms with Crippen molar-refractivity contribution in [3.05, 3.63) is 158 Å². The van der Waals surface area contributed by atoms with E-state index in [1.54, 1.807) is 0 Å². The Balaban J connectivity index is 1.39. The highest BCUT2D eigenvalue weighted by atomic mass is 15.0. The van der Waals surface area contributed by atoms with E-state index in [0.717, 1.165) is 0 Å². The molecule has 0 saturated carbocycles. The van der Waals surface area contributed by atoms with Crippen LogP contribution < -0.4 is 0 Å². The van der Waals surface area contributed by atoms with E-state index >= 15 is 0 Å². The van der Waals surface area contributed by atoms with Crippen molar-refractivity contribution in [2.75, 3.05) is 0 Å². The molecule has 0 aliphatic rings. The summed E-state index contributed by atoms with van der Waals surface area (Å²) in [5.74, 6) is 0. The third-order valence-electron chi connectivity index (χ3n) is 7.95. The van der Waals surface area contributed by atoms with Crippen LogP contribution in [0, 0.1) is 0 Å². The Morgan fingerprint density at radius 3 is 1.70 bits per heavy atom. The molecule has 40 heavy (non-hydrogen) atoms. The highest BCUT2D eigenvalue weighted by Crippen LogP contribution is 2.39. The zero-order valence-electron chi connectivity index (χ0n) is 21.9. The highest BCUT2D eigenvalue weighted by Gasteiger charge is 2.17. The summed E-state index contributed by atoms with van der Waals surface area (Å²) in [6, 6.07) is 54.4. The van der Waals surface area contributed by atoms with Crippen LogP contribution in [0.1, 0.15) is 0 Å². The number of aromatic nitrogens is 2. The van der Waals surface area contributed by atoms with Crippen molar-refractivity contribution in [3.8, 4) is 33.6 Å². The van der Waals surface area contributed by atoms with Gasteiger partial charge in [0.1, 0.15) is 0 Å². The van der Waals surface area contributed by atoms with Crippen LogP contribution in [0.5, 0.6) is 0 Å². The van der Waals surface area contributed by atoms with Crippen molar-refractivity contribution in [1.29, 1.82) is 0 Å². The minimum atomic E-state index is 1.17. The Morgan fingerprint density at radius 2 is 0.950 bits per heavy atom. The molecule has 188 valence electrons. The van der Waals surface area contributed by atoms with E-state index in [2.05, 4.69) is 167 Å². The Labute approximate surface area is 233 Å². The van der Waals surface area contributed by atoms with Crippen LogP contribution in [0.3, 0.4) is 0 Å². The standard InChI is InChI=1S/C38H26N2/c1-4-11-27(12-5-1)28-13-10-14-29(25-28)30-19-21-37-35(26-30)33-20-22-36-34(23-24-39(36)31-15-6-2-7-16-31)38(33)40(37)32-17-8-3-9-18-32/h1-26H. The lowest BCUT2D eigenvalue weighted by Gasteiger charge is -2.10. The van der Waals surface area contributed by atoms with Gasteiger partial charge in [-0.1, -0.05) is 97.1 Å². The summed E-state index contributed by atoms with van der Waals surface area (Å²) in [6.45, 7) is 0. The van der Waals surface area contributed by atoms with Gasteiger partial charge in [-0.3, -0.25) is 0 Å². The van der Waals surface area contributed by atoms with Crippen LogP contribution in [0.25, 0.3) is 66.3 Å². The molecule has 0 radical (unpaired) electrons. The molecule has 2 heterocycles. The second-order valence-electron chi connectivity index (χ2n) is 10.3. The third kappa shape index (κ3) is 3.58. The molecule has 2 nitrogen and oxygen atoms in total. The van der Waals surface area contributed by atoms with E-state index in [9.17, 15) is 0 Å². The monoisotopic (exact) mass is 510 g/mol. The van der Waals surface area contributed by atoms with Gasteiger partial charge in [0.15, 0.2) is 0 Å². The van der Waals surface area contributed by atoms with Crippen LogP contribution in [0.2, 0.25) is 0 Å². The summed E-state index contributed by atoms with van der Waals surface area (Å²) in [6.07, 6.45) is 2.19. The van der Waals surface area contributed by atoms with E-state index in [-0.39, 0.29) is 0 Å². The number of nitrogens with zero attached hydrogens (tertiary/aromatic N) is 2. The van der Waals surface area contributed by atoms with Gasteiger partial charge in [0, 0.05) is 33.7 Å². The van der Waals surface area contributed by atoms with E-state index in [1.165, 1.54) is 66.3 Å². The summed E-state index contributed by atoms with van der Waals surface area (Å²) in [4.78, 5) is 0. The van der Waals surface area contributed by atoms with Gasteiger partial charge in [0.05, 0.1) is 16.6 Å². The van der Waals surface area contributed by atoms with E-state index in [1.807, 2.05) is 0 Å². The summed E-state index contributed by atoms with van der Waals surface area (Å²) in [7, 11) is 0. The van der Waals surface area contributed by atoms with Gasteiger partial charge in [-0.2, -0.15) is 0 Å². The van der Waals surface area contributed by atoms with Gasteiger partial charge >= 0.3 is 0 Å². The molecule has 0 N–H and O–H groups in total. The summed E-state index contributed by atoms with van der Waals surface area (Å²) in [5.41, 5.74) is 10.9. The smallest absolute Gasteiger partial charge is 0.0635 e. The molecule has 0 aliphatic heterocycles. The number of benzene rings is 6. The number of hydrogen-bond acceptors (Lipinski definition) is 0. The van der Waals surface area contributed by atoms with Gasteiger partial charge in [0.2, 0.25) is 0 Å². The molecule has 0 fully saturated rings. The Morgan fingerprint density at radius 1 is 0.350 bits per heavy atom. The zero-order chi connectivity index (χ0) is 26.5. The first kappa shape index (κ1) is 22.6. The molecule has 6 aromatic carbocycles. The van der Waals surface area contributed by atoms with Crippen LogP contribution >= 0.6 is 0 Å². The first-order valence-electron chi connectivity index (χ1n) is 13.7. The van der Waals surface area contributed by atoms with Crippen molar-refractivity contribution in [3.63, 3.8) is 0 Å². The third-order valence-corrected chi connectivity index (χ3v) is 7.95. The molecule has 0 unspecified atom stereocenters.